The van der Waals surface area contributed by atoms with Gasteiger partial charge in [0, 0.05) is 19.6 Å². The molecule has 128 valence electrons. The Morgan fingerprint density at radius 1 is 0.840 bits per heavy atom. The van der Waals surface area contributed by atoms with Crippen LogP contribution in [0.1, 0.15) is 22.3 Å². The van der Waals surface area contributed by atoms with Crippen molar-refractivity contribution in [3.63, 3.8) is 0 Å². The Kier molecular flexibility index (Phi) is 4.32. The Bertz CT molecular complexity index is 877. The van der Waals surface area contributed by atoms with Crippen LogP contribution in [0.5, 0.6) is 0 Å². The van der Waals surface area contributed by atoms with Crippen LogP contribution in [-0.4, -0.2) is 27.4 Å². The highest BCUT2D eigenvalue weighted by atomic mass is 16.5. The molecule has 0 heterocycles. The van der Waals surface area contributed by atoms with Gasteiger partial charge < -0.3 is 9.47 Å². The van der Waals surface area contributed by atoms with Crippen molar-refractivity contribution in [3.8, 4) is 0 Å². The minimum atomic E-state index is -0.0727. The summed E-state index contributed by atoms with van der Waals surface area (Å²) >= 11 is 0. The molecule has 0 fully saturated rings. The normalized spacial score (nSPS) is 15.0. The van der Waals surface area contributed by atoms with Crippen molar-refractivity contribution in [2.45, 2.75) is 18.3 Å². The SMILES string of the molecule is COCC1(COC)Cc2cc(Cc3ccccc3)cc3cccc1c23. The topological polar surface area (TPSA) is 18.5 Å². The Labute approximate surface area is 149 Å². The number of methoxy groups -OCH3 is 2. The fourth-order valence-electron chi connectivity index (χ4n) is 4.41. The maximum absolute atomic E-state index is 5.59. The van der Waals surface area contributed by atoms with Gasteiger partial charge in [0.1, 0.15) is 0 Å². The van der Waals surface area contributed by atoms with E-state index in [-0.39, 0.29) is 5.41 Å². The summed E-state index contributed by atoms with van der Waals surface area (Å²) in [6.07, 6.45) is 1.95. The molecule has 0 amide bonds. The lowest BCUT2D eigenvalue weighted by atomic mass is 9.82. The van der Waals surface area contributed by atoms with Crippen LogP contribution in [-0.2, 0) is 27.7 Å². The summed E-state index contributed by atoms with van der Waals surface area (Å²) in [6, 6.07) is 22.0. The van der Waals surface area contributed by atoms with E-state index in [0.29, 0.717) is 13.2 Å². The van der Waals surface area contributed by atoms with Crippen LogP contribution in [0.4, 0.5) is 0 Å². The molecule has 0 spiro atoms. The standard InChI is InChI=1S/C23H24O2/c1-24-15-23(16-25-2)14-20-13-18(11-17-7-4-3-5-8-17)12-19-9-6-10-21(23)22(19)20/h3-10,12-13H,11,14-16H2,1-2H3. The summed E-state index contributed by atoms with van der Waals surface area (Å²) in [5, 5.41) is 2.73. The minimum absolute atomic E-state index is 0.0727. The first-order valence-electron chi connectivity index (χ1n) is 8.82. The molecule has 1 aliphatic rings. The molecule has 0 unspecified atom stereocenters. The van der Waals surface area contributed by atoms with E-state index in [1.807, 2.05) is 0 Å². The minimum Gasteiger partial charge on any atom is -0.384 e. The quantitative estimate of drug-likeness (QED) is 0.661. The van der Waals surface area contributed by atoms with Crippen LogP contribution in [0, 0.1) is 0 Å². The van der Waals surface area contributed by atoms with Gasteiger partial charge in [-0.2, -0.15) is 0 Å². The van der Waals surface area contributed by atoms with E-state index in [4.69, 9.17) is 9.47 Å². The van der Waals surface area contributed by atoms with Gasteiger partial charge in [-0.05, 0) is 45.9 Å². The molecule has 0 saturated heterocycles. The average molecular weight is 332 g/mol. The zero-order valence-electron chi connectivity index (χ0n) is 14.9. The molecule has 2 nitrogen and oxygen atoms in total. The third-order valence-electron chi connectivity index (χ3n) is 5.31. The van der Waals surface area contributed by atoms with Crippen molar-refractivity contribution in [1.29, 1.82) is 0 Å². The van der Waals surface area contributed by atoms with Crippen LogP contribution in [0.2, 0.25) is 0 Å². The van der Waals surface area contributed by atoms with Crippen molar-refractivity contribution < 1.29 is 9.47 Å². The molecule has 3 aromatic rings. The Hall–Kier alpha value is -2.16. The predicted molar refractivity (Wildman–Crippen MR) is 102 cm³/mol. The molecule has 0 aliphatic heterocycles. The molecule has 0 saturated carbocycles. The third kappa shape index (κ3) is 2.86. The molecule has 0 atom stereocenters. The molecular weight excluding hydrogens is 308 g/mol. The fraction of sp³-hybridized carbons (Fsp3) is 0.304. The van der Waals surface area contributed by atoms with Crippen LogP contribution in [0.15, 0.2) is 60.7 Å². The van der Waals surface area contributed by atoms with E-state index in [2.05, 4.69) is 60.7 Å². The van der Waals surface area contributed by atoms with Gasteiger partial charge in [0.25, 0.3) is 0 Å². The van der Waals surface area contributed by atoms with Crippen molar-refractivity contribution in [2.24, 2.45) is 0 Å². The third-order valence-corrected chi connectivity index (χ3v) is 5.31. The predicted octanol–water partition coefficient (Wildman–Crippen LogP) is 4.52. The first-order valence-corrected chi connectivity index (χ1v) is 8.82. The van der Waals surface area contributed by atoms with Crippen LogP contribution in [0.25, 0.3) is 10.8 Å². The summed E-state index contributed by atoms with van der Waals surface area (Å²) in [7, 11) is 3.56. The average Bonchev–Trinajstić information content (AvgIpc) is 2.92. The molecule has 0 bridgehead atoms. The lowest BCUT2D eigenvalue weighted by molar-refractivity contribution is 0.0623. The summed E-state index contributed by atoms with van der Waals surface area (Å²) in [5.74, 6) is 0. The van der Waals surface area contributed by atoms with Gasteiger partial charge in [-0.1, -0.05) is 60.7 Å². The van der Waals surface area contributed by atoms with Gasteiger partial charge in [-0.3, -0.25) is 0 Å². The first kappa shape index (κ1) is 16.3. The molecule has 3 aromatic carbocycles. The van der Waals surface area contributed by atoms with Gasteiger partial charge in [-0.15, -0.1) is 0 Å². The largest absolute Gasteiger partial charge is 0.384 e. The molecular formula is C23H24O2. The molecule has 0 radical (unpaired) electrons. The summed E-state index contributed by atoms with van der Waals surface area (Å²) in [5.41, 5.74) is 5.44. The summed E-state index contributed by atoms with van der Waals surface area (Å²) in [4.78, 5) is 0. The van der Waals surface area contributed by atoms with E-state index < -0.39 is 0 Å². The van der Waals surface area contributed by atoms with Gasteiger partial charge in [0.2, 0.25) is 0 Å². The number of ether oxygens (including phenoxy) is 2. The lowest BCUT2D eigenvalue weighted by Crippen LogP contribution is -2.36. The maximum Gasteiger partial charge on any atom is 0.0584 e. The number of hydrogen-bond acceptors (Lipinski definition) is 2. The van der Waals surface area contributed by atoms with Crippen molar-refractivity contribution in [2.75, 3.05) is 27.4 Å². The number of hydrogen-bond donors (Lipinski definition) is 0. The molecule has 0 N–H and O–H groups in total. The van der Waals surface area contributed by atoms with E-state index in [1.165, 1.54) is 33.0 Å². The molecule has 2 heteroatoms. The Morgan fingerprint density at radius 3 is 2.32 bits per heavy atom. The van der Waals surface area contributed by atoms with E-state index in [0.717, 1.165) is 12.8 Å². The van der Waals surface area contributed by atoms with E-state index >= 15 is 0 Å². The van der Waals surface area contributed by atoms with Gasteiger partial charge in [-0.25, -0.2) is 0 Å². The number of benzene rings is 3. The first-order chi connectivity index (χ1) is 12.3. The van der Waals surface area contributed by atoms with Gasteiger partial charge >= 0.3 is 0 Å². The van der Waals surface area contributed by atoms with Crippen LogP contribution < -0.4 is 0 Å². The highest BCUT2D eigenvalue weighted by Gasteiger charge is 2.40. The zero-order valence-corrected chi connectivity index (χ0v) is 14.9. The highest BCUT2D eigenvalue weighted by Crippen LogP contribution is 2.43. The van der Waals surface area contributed by atoms with Crippen LogP contribution >= 0.6 is 0 Å². The molecule has 1 aliphatic carbocycles. The Balaban J connectivity index is 1.79. The lowest BCUT2D eigenvalue weighted by Gasteiger charge is -2.29. The monoisotopic (exact) mass is 332 g/mol. The molecule has 0 aromatic heterocycles. The molecule has 4 rings (SSSR count). The zero-order chi connectivity index (χ0) is 17.3. The van der Waals surface area contributed by atoms with Crippen molar-refractivity contribution in [1.82, 2.24) is 0 Å². The fourth-order valence-corrected chi connectivity index (χ4v) is 4.41. The smallest absolute Gasteiger partial charge is 0.0584 e. The van der Waals surface area contributed by atoms with E-state index in [1.54, 1.807) is 14.2 Å². The van der Waals surface area contributed by atoms with E-state index in [9.17, 15) is 0 Å². The second kappa shape index (κ2) is 6.62. The van der Waals surface area contributed by atoms with Gasteiger partial charge in [0.05, 0.1) is 13.2 Å². The number of rotatable bonds is 6. The second-order valence-corrected chi connectivity index (χ2v) is 7.14. The maximum atomic E-state index is 5.59. The molecule has 25 heavy (non-hydrogen) atoms. The van der Waals surface area contributed by atoms with Crippen molar-refractivity contribution >= 4 is 10.8 Å². The second-order valence-electron chi connectivity index (χ2n) is 7.14. The van der Waals surface area contributed by atoms with Crippen LogP contribution in [0.3, 0.4) is 0 Å². The van der Waals surface area contributed by atoms with Crippen molar-refractivity contribution in [3.05, 3.63) is 82.9 Å². The summed E-state index contributed by atoms with van der Waals surface area (Å²) in [6.45, 7) is 1.37. The highest BCUT2D eigenvalue weighted by molar-refractivity contribution is 5.93. The van der Waals surface area contributed by atoms with Gasteiger partial charge in [0.15, 0.2) is 0 Å². The summed E-state index contributed by atoms with van der Waals surface area (Å²) < 4.78 is 11.2. The Morgan fingerprint density at radius 2 is 1.60 bits per heavy atom.